The lowest BCUT2D eigenvalue weighted by molar-refractivity contribution is -0.150. The molecule has 9 heteroatoms. The average Bonchev–Trinajstić information content (AvgIpc) is 2.78. The number of nitrogens with zero attached hydrogens (tertiary/aromatic N) is 1. The van der Waals surface area contributed by atoms with Crippen molar-refractivity contribution in [3.8, 4) is 0 Å². The molecule has 0 saturated carbocycles. The van der Waals surface area contributed by atoms with Crippen LogP contribution in [-0.2, 0) is 20.8 Å². The summed E-state index contributed by atoms with van der Waals surface area (Å²) in [6.07, 6.45) is 0.135. The van der Waals surface area contributed by atoms with Crippen molar-refractivity contribution in [2.45, 2.75) is 17.8 Å². The van der Waals surface area contributed by atoms with Crippen LogP contribution in [0.3, 0.4) is 0 Å². The van der Waals surface area contributed by atoms with Gasteiger partial charge in [0.25, 0.3) is 5.91 Å². The minimum absolute atomic E-state index is 0.135. The highest BCUT2D eigenvalue weighted by Gasteiger charge is 2.54. The van der Waals surface area contributed by atoms with E-state index in [9.17, 15) is 24.3 Å². The molecular formula is C22H18N2O5S2. The second kappa shape index (κ2) is 8.99. The number of β-lactam (4-membered cyclic amide) rings is 1. The van der Waals surface area contributed by atoms with Gasteiger partial charge in [0.15, 0.2) is 0 Å². The molecule has 1 unspecified atom stereocenters. The SMILES string of the molecule is O=C(Cc1ccccc1)NC1C(=O)N2C(C(=O)O)=C(SC(=O)c3ccccc3)CS[C@H]12. The fourth-order valence-electron chi connectivity index (χ4n) is 3.42. The first-order chi connectivity index (χ1) is 15.0. The molecule has 31 heavy (non-hydrogen) atoms. The predicted octanol–water partition coefficient (Wildman–Crippen LogP) is 2.50. The fourth-order valence-corrected chi connectivity index (χ4v) is 5.81. The van der Waals surface area contributed by atoms with Gasteiger partial charge in [0.05, 0.1) is 6.42 Å². The third-order valence-corrected chi connectivity index (χ3v) is 7.35. The summed E-state index contributed by atoms with van der Waals surface area (Å²) in [4.78, 5) is 51.0. The number of hydrogen-bond donors (Lipinski definition) is 2. The summed E-state index contributed by atoms with van der Waals surface area (Å²) >= 11 is 2.16. The van der Waals surface area contributed by atoms with E-state index in [0.29, 0.717) is 10.5 Å². The highest BCUT2D eigenvalue weighted by molar-refractivity contribution is 8.18. The molecule has 0 bridgehead atoms. The Balaban J connectivity index is 1.47. The summed E-state index contributed by atoms with van der Waals surface area (Å²) in [7, 11) is 0. The van der Waals surface area contributed by atoms with Crippen LogP contribution in [0.25, 0.3) is 0 Å². The Labute approximate surface area is 186 Å². The molecule has 0 spiro atoms. The van der Waals surface area contributed by atoms with Crippen molar-refractivity contribution in [2.75, 3.05) is 5.75 Å². The molecule has 2 amide bonds. The van der Waals surface area contributed by atoms with Crippen LogP contribution in [0.15, 0.2) is 71.3 Å². The van der Waals surface area contributed by atoms with E-state index in [1.807, 2.05) is 30.3 Å². The summed E-state index contributed by atoms with van der Waals surface area (Å²) in [6, 6.07) is 16.9. The van der Waals surface area contributed by atoms with Gasteiger partial charge < -0.3 is 10.4 Å². The van der Waals surface area contributed by atoms with Gasteiger partial charge in [-0.05, 0) is 17.3 Å². The molecule has 2 atom stereocenters. The zero-order valence-electron chi connectivity index (χ0n) is 16.2. The van der Waals surface area contributed by atoms with Gasteiger partial charge in [0.1, 0.15) is 17.1 Å². The van der Waals surface area contributed by atoms with Gasteiger partial charge in [-0.25, -0.2) is 4.79 Å². The molecular weight excluding hydrogens is 436 g/mol. The van der Waals surface area contributed by atoms with Gasteiger partial charge in [-0.15, -0.1) is 11.8 Å². The number of carboxylic acids is 1. The Morgan fingerprint density at radius 1 is 1.06 bits per heavy atom. The predicted molar refractivity (Wildman–Crippen MR) is 118 cm³/mol. The number of nitrogens with one attached hydrogen (secondary N) is 1. The van der Waals surface area contributed by atoms with Crippen molar-refractivity contribution in [3.05, 3.63) is 82.4 Å². The van der Waals surface area contributed by atoms with Crippen LogP contribution in [0.4, 0.5) is 0 Å². The van der Waals surface area contributed by atoms with E-state index in [-0.39, 0.29) is 28.9 Å². The van der Waals surface area contributed by atoms with Gasteiger partial charge in [0.2, 0.25) is 11.0 Å². The van der Waals surface area contributed by atoms with E-state index >= 15 is 0 Å². The van der Waals surface area contributed by atoms with Crippen molar-refractivity contribution in [2.24, 2.45) is 0 Å². The van der Waals surface area contributed by atoms with Gasteiger partial charge in [-0.2, -0.15) is 0 Å². The number of hydrogen-bond acceptors (Lipinski definition) is 6. The monoisotopic (exact) mass is 454 g/mol. The molecule has 0 radical (unpaired) electrons. The maximum atomic E-state index is 12.7. The van der Waals surface area contributed by atoms with Crippen LogP contribution >= 0.6 is 23.5 Å². The maximum absolute atomic E-state index is 12.7. The molecule has 4 rings (SSSR count). The normalized spacial score (nSPS) is 20.0. The smallest absolute Gasteiger partial charge is 0.353 e. The molecule has 1 fully saturated rings. The van der Waals surface area contributed by atoms with Crippen LogP contribution in [0.5, 0.6) is 0 Å². The van der Waals surface area contributed by atoms with Crippen molar-refractivity contribution in [1.82, 2.24) is 10.2 Å². The van der Waals surface area contributed by atoms with E-state index in [1.165, 1.54) is 16.7 Å². The molecule has 7 nitrogen and oxygen atoms in total. The maximum Gasteiger partial charge on any atom is 0.353 e. The number of thioether (sulfide) groups is 2. The summed E-state index contributed by atoms with van der Waals surface area (Å²) in [5.74, 6) is -1.79. The molecule has 2 N–H and O–H groups in total. The number of aliphatic carboxylic acids is 1. The Morgan fingerprint density at radius 2 is 1.71 bits per heavy atom. The Hall–Kier alpha value is -3.04. The first-order valence-electron chi connectivity index (χ1n) is 9.47. The van der Waals surface area contributed by atoms with Gasteiger partial charge in [-0.1, -0.05) is 60.7 Å². The quantitative estimate of drug-likeness (QED) is 0.647. The van der Waals surface area contributed by atoms with E-state index < -0.39 is 23.3 Å². The highest BCUT2D eigenvalue weighted by atomic mass is 32.2. The van der Waals surface area contributed by atoms with Gasteiger partial charge in [0, 0.05) is 16.2 Å². The molecule has 2 aliphatic rings. The summed E-state index contributed by atoms with van der Waals surface area (Å²) in [5, 5.41) is 11.6. The molecule has 2 aliphatic heterocycles. The molecule has 158 valence electrons. The fraction of sp³-hybridized carbons (Fsp3) is 0.182. The topological polar surface area (TPSA) is 104 Å². The second-order valence-corrected chi connectivity index (χ2v) is 9.12. The number of carboxylic acid groups (broad SMARTS) is 1. The molecule has 0 aromatic heterocycles. The third kappa shape index (κ3) is 4.38. The van der Waals surface area contributed by atoms with E-state index in [0.717, 1.165) is 17.3 Å². The number of rotatable bonds is 6. The molecule has 2 aromatic carbocycles. The molecule has 1 saturated heterocycles. The van der Waals surface area contributed by atoms with Crippen LogP contribution in [0, 0.1) is 0 Å². The number of benzene rings is 2. The molecule has 0 aliphatic carbocycles. The second-order valence-electron chi connectivity index (χ2n) is 6.95. The number of carbonyl (C=O) groups excluding carboxylic acids is 3. The lowest BCUT2D eigenvalue weighted by Crippen LogP contribution is -2.70. The first-order valence-corrected chi connectivity index (χ1v) is 11.3. The number of fused-ring (bicyclic) bond motifs is 1. The largest absolute Gasteiger partial charge is 0.477 e. The Kier molecular flexibility index (Phi) is 6.15. The number of amides is 2. The van der Waals surface area contributed by atoms with Crippen molar-refractivity contribution in [3.63, 3.8) is 0 Å². The molecule has 2 aromatic rings. The van der Waals surface area contributed by atoms with E-state index in [1.54, 1.807) is 30.3 Å². The molecule has 2 heterocycles. The number of carbonyl (C=O) groups is 4. The average molecular weight is 455 g/mol. The lowest BCUT2D eigenvalue weighted by atomic mass is 10.0. The summed E-state index contributed by atoms with van der Waals surface area (Å²) in [6.45, 7) is 0. The third-order valence-electron chi connectivity index (χ3n) is 4.89. The lowest BCUT2D eigenvalue weighted by Gasteiger charge is -2.49. The minimum atomic E-state index is -1.27. The van der Waals surface area contributed by atoms with E-state index in [2.05, 4.69) is 5.32 Å². The van der Waals surface area contributed by atoms with Crippen molar-refractivity contribution in [1.29, 1.82) is 0 Å². The van der Waals surface area contributed by atoms with Crippen LogP contribution in [0.2, 0.25) is 0 Å². The standard InChI is InChI=1S/C22H18N2O5S2/c25-16(11-13-7-3-1-4-8-13)23-17-19(26)24-18(21(27)28)15(12-30-20(17)24)31-22(29)14-9-5-2-6-10-14/h1-10,17,20H,11-12H2,(H,23,25)(H,27,28)/t17?,20-/m1/s1. The minimum Gasteiger partial charge on any atom is -0.477 e. The van der Waals surface area contributed by atoms with Crippen molar-refractivity contribution >= 4 is 46.4 Å². The van der Waals surface area contributed by atoms with Gasteiger partial charge >= 0.3 is 5.97 Å². The van der Waals surface area contributed by atoms with Crippen LogP contribution in [-0.4, -0.2) is 50.1 Å². The first kappa shape index (κ1) is 21.2. The Bertz CT molecular complexity index is 1070. The Morgan fingerprint density at radius 3 is 2.35 bits per heavy atom. The highest BCUT2D eigenvalue weighted by Crippen LogP contribution is 2.44. The zero-order chi connectivity index (χ0) is 22.0. The summed E-state index contributed by atoms with van der Waals surface area (Å²) in [5.41, 5.74) is 1.10. The zero-order valence-corrected chi connectivity index (χ0v) is 17.8. The van der Waals surface area contributed by atoms with Crippen molar-refractivity contribution < 1.29 is 24.3 Å². The van der Waals surface area contributed by atoms with E-state index in [4.69, 9.17) is 0 Å². The van der Waals surface area contributed by atoms with Crippen LogP contribution < -0.4 is 5.32 Å². The van der Waals surface area contributed by atoms with Crippen LogP contribution in [0.1, 0.15) is 15.9 Å². The van der Waals surface area contributed by atoms with Gasteiger partial charge in [-0.3, -0.25) is 19.3 Å². The summed E-state index contributed by atoms with van der Waals surface area (Å²) < 4.78 is 0.